The monoisotopic (exact) mass is 279 g/mol. The standard InChI is InChI=1S/C15H21NO4/c1-5-6-14(17)16-12-8-7-10(2)13(9-12)20-11(3)15(18)19-4/h7-9,11H,5-6H2,1-4H3,(H,16,17)/t11-/m0/s1. The van der Waals surface area contributed by atoms with Crippen molar-refractivity contribution in [3.63, 3.8) is 0 Å². The van der Waals surface area contributed by atoms with Gasteiger partial charge in [-0.3, -0.25) is 4.79 Å². The normalized spacial score (nSPS) is 11.6. The zero-order valence-electron chi connectivity index (χ0n) is 12.4. The summed E-state index contributed by atoms with van der Waals surface area (Å²) in [5, 5.41) is 2.79. The number of carbonyl (C=O) groups is 2. The smallest absolute Gasteiger partial charge is 0.346 e. The molecule has 1 atom stereocenters. The molecule has 0 fully saturated rings. The second-order valence-corrected chi connectivity index (χ2v) is 4.56. The number of carbonyl (C=O) groups excluding carboxylic acids is 2. The maximum absolute atomic E-state index is 11.6. The number of hydrogen-bond acceptors (Lipinski definition) is 4. The lowest BCUT2D eigenvalue weighted by molar-refractivity contribution is -0.147. The molecular weight excluding hydrogens is 258 g/mol. The van der Waals surface area contributed by atoms with Crippen LogP contribution in [0.3, 0.4) is 0 Å². The first-order valence-electron chi connectivity index (χ1n) is 6.63. The van der Waals surface area contributed by atoms with Gasteiger partial charge in [0.2, 0.25) is 5.91 Å². The number of rotatable bonds is 6. The molecule has 1 aromatic rings. The van der Waals surface area contributed by atoms with Crippen LogP contribution in [0.25, 0.3) is 0 Å². The van der Waals surface area contributed by atoms with Gasteiger partial charge in [-0.1, -0.05) is 13.0 Å². The molecule has 0 unspecified atom stereocenters. The minimum atomic E-state index is -0.694. The largest absolute Gasteiger partial charge is 0.479 e. The van der Waals surface area contributed by atoms with Gasteiger partial charge in [-0.2, -0.15) is 0 Å². The number of methoxy groups -OCH3 is 1. The minimum Gasteiger partial charge on any atom is -0.479 e. The molecule has 1 amide bonds. The Morgan fingerprint density at radius 1 is 1.35 bits per heavy atom. The predicted octanol–water partition coefficient (Wildman–Crippen LogP) is 2.67. The second-order valence-electron chi connectivity index (χ2n) is 4.56. The highest BCUT2D eigenvalue weighted by atomic mass is 16.6. The summed E-state index contributed by atoms with van der Waals surface area (Å²) in [6, 6.07) is 5.35. The van der Waals surface area contributed by atoms with Crippen LogP contribution in [0.2, 0.25) is 0 Å². The van der Waals surface area contributed by atoms with Crippen LogP contribution < -0.4 is 10.1 Å². The van der Waals surface area contributed by atoms with E-state index in [1.54, 1.807) is 19.1 Å². The molecule has 20 heavy (non-hydrogen) atoms. The van der Waals surface area contributed by atoms with E-state index in [0.29, 0.717) is 17.9 Å². The molecule has 0 heterocycles. The number of aryl methyl sites for hydroxylation is 1. The fraction of sp³-hybridized carbons (Fsp3) is 0.467. The molecule has 1 N–H and O–H groups in total. The van der Waals surface area contributed by atoms with Crippen molar-refractivity contribution in [2.75, 3.05) is 12.4 Å². The van der Waals surface area contributed by atoms with Gasteiger partial charge in [0.05, 0.1) is 7.11 Å². The SMILES string of the molecule is CCCC(=O)Nc1ccc(C)c(O[C@@H](C)C(=O)OC)c1. The van der Waals surface area contributed by atoms with Gasteiger partial charge < -0.3 is 14.8 Å². The Balaban J connectivity index is 2.81. The first kappa shape index (κ1) is 16.0. The van der Waals surface area contributed by atoms with Crippen molar-refractivity contribution in [3.05, 3.63) is 23.8 Å². The number of amides is 1. The Bertz CT molecular complexity index is 485. The molecule has 0 saturated heterocycles. The third kappa shape index (κ3) is 4.57. The maximum Gasteiger partial charge on any atom is 0.346 e. The third-order valence-corrected chi connectivity index (χ3v) is 2.79. The number of hydrogen-bond donors (Lipinski definition) is 1. The van der Waals surface area contributed by atoms with Gasteiger partial charge in [0.25, 0.3) is 0 Å². The molecule has 0 spiro atoms. The molecule has 1 rings (SSSR count). The Kier molecular flexibility index (Phi) is 6.03. The van der Waals surface area contributed by atoms with Crippen LogP contribution in [0.15, 0.2) is 18.2 Å². The van der Waals surface area contributed by atoms with Gasteiger partial charge in [-0.15, -0.1) is 0 Å². The Morgan fingerprint density at radius 3 is 2.65 bits per heavy atom. The number of ether oxygens (including phenoxy) is 2. The van der Waals surface area contributed by atoms with Crippen molar-refractivity contribution < 1.29 is 19.1 Å². The molecule has 0 aliphatic heterocycles. The number of esters is 1. The van der Waals surface area contributed by atoms with E-state index in [1.807, 2.05) is 19.9 Å². The van der Waals surface area contributed by atoms with Crippen LogP contribution in [0.1, 0.15) is 32.3 Å². The number of nitrogens with one attached hydrogen (secondary N) is 1. The first-order valence-corrected chi connectivity index (χ1v) is 6.63. The molecule has 110 valence electrons. The average molecular weight is 279 g/mol. The van der Waals surface area contributed by atoms with Crippen LogP contribution in [0.4, 0.5) is 5.69 Å². The van der Waals surface area contributed by atoms with E-state index in [4.69, 9.17) is 4.74 Å². The summed E-state index contributed by atoms with van der Waals surface area (Å²) in [4.78, 5) is 22.9. The van der Waals surface area contributed by atoms with Gasteiger partial charge in [0.15, 0.2) is 6.10 Å². The van der Waals surface area contributed by atoms with Crippen LogP contribution >= 0.6 is 0 Å². The van der Waals surface area contributed by atoms with Crippen molar-refractivity contribution >= 4 is 17.6 Å². The van der Waals surface area contributed by atoms with Gasteiger partial charge in [-0.25, -0.2) is 4.79 Å². The fourth-order valence-corrected chi connectivity index (χ4v) is 1.66. The average Bonchev–Trinajstić information content (AvgIpc) is 2.41. The highest BCUT2D eigenvalue weighted by Gasteiger charge is 2.16. The van der Waals surface area contributed by atoms with E-state index in [-0.39, 0.29) is 5.91 Å². The summed E-state index contributed by atoms with van der Waals surface area (Å²) in [7, 11) is 1.32. The molecule has 0 saturated carbocycles. The summed E-state index contributed by atoms with van der Waals surface area (Å²) in [5.74, 6) is 0.0744. The predicted molar refractivity (Wildman–Crippen MR) is 76.8 cm³/mol. The molecular formula is C15H21NO4. The molecule has 0 aliphatic rings. The quantitative estimate of drug-likeness (QED) is 0.813. The van der Waals surface area contributed by atoms with E-state index in [1.165, 1.54) is 7.11 Å². The molecule has 5 nitrogen and oxygen atoms in total. The first-order chi connectivity index (χ1) is 9.47. The van der Waals surface area contributed by atoms with E-state index < -0.39 is 12.1 Å². The van der Waals surface area contributed by atoms with Crippen molar-refractivity contribution in [2.24, 2.45) is 0 Å². The van der Waals surface area contributed by atoms with E-state index in [2.05, 4.69) is 10.1 Å². The van der Waals surface area contributed by atoms with Gasteiger partial charge >= 0.3 is 5.97 Å². The minimum absolute atomic E-state index is 0.0386. The second kappa shape index (κ2) is 7.53. The van der Waals surface area contributed by atoms with E-state index in [0.717, 1.165) is 12.0 Å². The van der Waals surface area contributed by atoms with Crippen LogP contribution in [0, 0.1) is 6.92 Å². The van der Waals surface area contributed by atoms with Crippen molar-refractivity contribution in [1.29, 1.82) is 0 Å². The molecule has 0 bridgehead atoms. The molecule has 5 heteroatoms. The van der Waals surface area contributed by atoms with Crippen LogP contribution in [-0.4, -0.2) is 25.1 Å². The lowest BCUT2D eigenvalue weighted by Gasteiger charge is -2.15. The molecule has 0 aliphatic carbocycles. The highest BCUT2D eigenvalue weighted by Crippen LogP contribution is 2.24. The Hall–Kier alpha value is -2.04. The lowest BCUT2D eigenvalue weighted by Crippen LogP contribution is -2.25. The highest BCUT2D eigenvalue weighted by molar-refractivity contribution is 5.90. The fourth-order valence-electron chi connectivity index (χ4n) is 1.66. The summed E-state index contributed by atoms with van der Waals surface area (Å²) < 4.78 is 10.2. The van der Waals surface area contributed by atoms with Crippen molar-refractivity contribution in [1.82, 2.24) is 0 Å². The van der Waals surface area contributed by atoms with Gasteiger partial charge in [-0.05, 0) is 31.9 Å². The Labute approximate surface area is 119 Å². The van der Waals surface area contributed by atoms with Gasteiger partial charge in [0.1, 0.15) is 5.75 Å². The zero-order valence-corrected chi connectivity index (χ0v) is 12.4. The van der Waals surface area contributed by atoms with E-state index >= 15 is 0 Å². The summed E-state index contributed by atoms with van der Waals surface area (Å²) in [6.45, 7) is 5.44. The molecule has 0 aromatic heterocycles. The molecule has 1 aromatic carbocycles. The Morgan fingerprint density at radius 2 is 2.05 bits per heavy atom. The van der Waals surface area contributed by atoms with E-state index in [9.17, 15) is 9.59 Å². The van der Waals surface area contributed by atoms with Crippen molar-refractivity contribution in [2.45, 2.75) is 39.7 Å². The lowest BCUT2D eigenvalue weighted by atomic mass is 10.2. The topological polar surface area (TPSA) is 64.6 Å². The van der Waals surface area contributed by atoms with Gasteiger partial charge in [0, 0.05) is 18.2 Å². The van der Waals surface area contributed by atoms with Crippen LogP contribution in [-0.2, 0) is 14.3 Å². The summed E-state index contributed by atoms with van der Waals surface area (Å²) in [5.41, 5.74) is 1.54. The summed E-state index contributed by atoms with van der Waals surface area (Å²) >= 11 is 0. The van der Waals surface area contributed by atoms with Crippen LogP contribution in [0.5, 0.6) is 5.75 Å². The number of benzene rings is 1. The zero-order chi connectivity index (χ0) is 15.1. The third-order valence-electron chi connectivity index (χ3n) is 2.79. The molecule has 0 radical (unpaired) electrons. The maximum atomic E-state index is 11.6. The number of anilines is 1. The van der Waals surface area contributed by atoms with Crippen molar-refractivity contribution in [3.8, 4) is 5.75 Å². The summed E-state index contributed by atoms with van der Waals surface area (Å²) in [6.07, 6.45) is 0.573.